The van der Waals surface area contributed by atoms with Crippen LogP contribution < -0.4 is 15.5 Å². The van der Waals surface area contributed by atoms with E-state index in [9.17, 15) is 14.4 Å². The first-order valence-electron chi connectivity index (χ1n) is 14.2. The van der Waals surface area contributed by atoms with Crippen molar-refractivity contribution in [2.75, 3.05) is 44.2 Å². The first-order chi connectivity index (χ1) is 19.0. The summed E-state index contributed by atoms with van der Waals surface area (Å²) in [5, 5.41) is 5.76. The van der Waals surface area contributed by atoms with Gasteiger partial charge in [0.2, 0.25) is 11.8 Å². The molecular formula is C30H37N5O4. The van der Waals surface area contributed by atoms with Crippen LogP contribution >= 0.6 is 0 Å². The molecule has 3 fully saturated rings. The molecule has 2 N–H and O–H groups in total. The Balaban J connectivity index is 0.996. The van der Waals surface area contributed by atoms with E-state index in [-0.39, 0.29) is 24.1 Å². The number of piperazine rings is 1. The Labute approximate surface area is 229 Å². The van der Waals surface area contributed by atoms with Gasteiger partial charge in [0.15, 0.2) is 0 Å². The van der Waals surface area contributed by atoms with Gasteiger partial charge in [-0.05, 0) is 60.7 Å². The number of fused-ring (bicyclic) bond motifs is 1. The quantitative estimate of drug-likeness (QED) is 0.528. The van der Waals surface area contributed by atoms with Gasteiger partial charge in [-0.3, -0.25) is 24.6 Å². The Morgan fingerprint density at radius 1 is 0.923 bits per heavy atom. The lowest BCUT2D eigenvalue weighted by atomic mass is 10.0. The van der Waals surface area contributed by atoms with Crippen molar-refractivity contribution >= 4 is 23.4 Å². The van der Waals surface area contributed by atoms with Crippen LogP contribution in [0.25, 0.3) is 0 Å². The number of ether oxygens (including phenoxy) is 1. The molecule has 9 heteroatoms. The third-order valence-corrected chi connectivity index (χ3v) is 8.41. The Kier molecular flexibility index (Phi) is 7.63. The van der Waals surface area contributed by atoms with E-state index < -0.39 is 6.04 Å². The van der Waals surface area contributed by atoms with Crippen molar-refractivity contribution in [1.29, 1.82) is 0 Å². The number of carbonyl (C=O) groups is 3. The third kappa shape index (κ3) is 5.85. The summed E-state index contributed by atoms with van der Waals surface area (Å²) in [6.45, 7) is 7.85. The van der Waals surface area contributed by atoms with Gasteiger partial charge in [0.05, 0.1) is 12.7 Å². The molecule has 6 rings (SSSR count). The van der Waals surface area contributed by atoms with Crippen molar-refractivity contribution in [3.63, 3.8) is 0 Å². The van der Waals surface area contributed by atoms with Crippen molar-refractivity contribution in [3.8, 4) is 0 Å². The molecule has 4 heterocycles. The summed E-state index contributed by atoms with van der Waals surface area (Å²) in [4.78, 5) is 43.3. The highest BCUT2D eigenvalue weighted by Crippen LogP contribution is 2.31. The summed E-state index contributed by atoms with van der Waals surface area (Å²) >= 11 is 0. The molecule has 0 aliphatic carbocycles. The molecule has 9 nitrogen and oxygen atoms in total. The second-order valence-electron chi connectivity index (χ2n) is 11.1. The minimum atomic E-state index is -0.578. The van der Waals surface area contributed by atoms with Gasteiger partial charge in [0.1, 0.15) is 6.04 Å². The van der Waals surface area contributed by atoms with Gasteiger partial charge in [0, 0.05) is 63.5 Å². The fourth-order valence-corrected chi connectivity index (χ4v) is 6.10. The Morgan fingerprint density at radius 3 is 2.46 bits per heavy atom. The van der Waals surface area contributed by atoms with Crippen LogP contribution in [0.2, 0.25) is 0 Å². The van der Waals surface area contributed by atoms with Crippen LogP contribution in [-0.2, 0) is 34.0 Å². The van der Waals surface area contributed by atoms with Crippen LogP contribution in [0.5, 0.6) is 0 Å². The molecule has 3 amide bonds. The van der Waals surface area contributed by atoms with Gasteiger partial charge in [0.25, 0.3) is 5.91 Å². The van der Waals surface area contributed by atoms with Crippen molar-refractivity contribution in [2.45, 2.75) is 57.5 Å². The van der Waals surface area contributed by atoms with Crippen LogP contribution in [0.1, 0.15) is 52.7 Å². The van der Waals surface area contributed by atoms with E-state index in [1.54, 1.807) is 4.90 Å². The van der Waals surface area contributed by atoms with E-state index in [2.05, 4.69) is 50.8 Å². The fourth-order valence-electron chi connectivity index (χ4n) is 6.10. The topological polar surface area (TPSA) is 94.2 Å². The summed E-state index contributed by atoms with van der Waals surface area (Å²) in [5.74, 6) is -0.764. The molecule has 4 aliphatic rings. The molecule has 2 atom stereocenters. The van der Waals surface area contributed by atoms with E-state index >= 15 is 0 Å². The lowest BCUT2D eigenvalue weighted by Crippen LogP contribution is -2.52. The summed E-state index contributed by atoms with van der Waals surface area (Å²) in [7, 11) is 0. The summed E-state index contributed by atoms with van der Waals surface area (Å²) in [5.41, 5.74) is 5.26. The van der Waals surface area contributed by atoms with Crippen LogP contribution in [0.4, 0.5) is 5.69 Å². The van der Waals surface area contributed by atoms with E-state index in [1.165, 1.54) is 17.5 Å². The van der Waals surface area contributed by atoms with Gasteiger partial charge in [-0.25, -0.2) is 0 Å². The molecule has 0 aromatic heterocycles. The normalized spacial score (nSPS) is 24.2. The standard InChI is InChI=1S/C30H37N5O4/c36-28-10-9-27(29(37)32-28)35-19-23-16-24(7-8-26(23)30(35)38)34-14-12-33(13-15-34)18-21-3-5-22(6-4-21)20-39-25-2-1-11-31-17-25/h3-8,16,25,27,31H,1-2,9-15,17-20H2,(H,32,36,37)/t25-,27?/m0/s1. The zero-order valence-corrected chi connectivity index (χ0v) is 22.4. The molecule has 4 aliphatic heterocycles. The second kappa shape index (κ2) is 11.5. The average Bonchev–Trinajstić information content (AvgIpc) is 3.29. The molecule has 206 valence electrons. The minimum absolute atomic E-state index is 0.126. The highest BCUT2D eigenvalue weighted by atomic mass is 16.5. The summed E-state index contributed by atoms with van der Waals surface area (Å²) in [6.07, 6.45) is 3.30. The number of carbonyl (C=O) groups excluding carboxylic acids is 3. The fraction of sp³-hybridized carbons (Fsp3) is 0.500. The molecule has 1 unspecified atom stereocenters. The number of piperidine rings is 2. The van der Waals surface area contributed by atoms with Gasteiger partial charge in [-0.2, -0.15) is 0 Å². The molecule has 39 heavy (non-hydrogen) atoms. The average molecular weight is 532 g/mol. The first-order valence-corrected chi connectivity index (χ1v) is 14.2. The predicted molar refractivity (Wildman–Crippen MR) is 147 cm³/mol. The molecule has 2 aromatic rings. The van der Waals surface area contributed by atoms with Crippen molar-refractivity contribution in [2.24, 2.45) is 0 Å². The Bertz CT molecular complexity index is 1220. The molecule has 3 saturated heterocycles. The number of amides is 3. The maximum Gasteiger partial charge on any atom is 0.255 e. The molecular weight excluding hydrogens is 494 g/mol. The second-order valence-corrected chi connectivity index (χ2v) is 11.1. The Hall–Kier alpha value is -3.27. The number of nitrogens with zero attached hydrogens (tertiary/aromatic N) is 3. The van der Waals surface area contributed by atoms with Gasteiger partial charge in [-0.1, -0.05) is 24.3 Å². The minimum Gasteiger partial charge on any atom is -0.372 e. The van der Waals surface area contributed by atoms with Crippen LogP contribution in [0.3, 0.4) is 0 Å². The molecule has 0 radical (unpaired) electrons. The number of nitrogens with one attached hydrogen (secondary N) is 2. The maximum atomic E-state index is 13.0. The molecule has 2 aromatic carbocycles. The van der Waals surface area contributed by atoms with E-state index in [4.69, 9.17) is 4.74 Å². The number of rotatable bonds is 7. The van der Waals surface area contributed by atoms with Crippen molar-refractivity contribution in [1.82, 2.24) is 20.4 Å². The maximum absolute atomic E-state index is 13.0. The summed E-state index contributed by atoms with van der Waals surface area (Å²) in [6, 6.07) is 14.2. The summed E-state index contributed by atoms with van der Waals surface area (Å²) < 4.78 is 6.06. The highest BCUT2D eigenvalue weighted by Gasteiger charge is 2.39. The molecule has 0 bridgehead atoms. The van der Waals surface area contributed by atoms with Gasteiger partial charge >= 0.3 is 0 Å². The number of benzene rings is 2. The van der Waals surface area contributed by atoms with Gasteiger partial charge < -0.3 is 19.9 Å². The van der Waals surface area contributed by atoms with Crippen molar-refractivity contribution < 1.29 is 19.1 Å². The number of hydrogen-bond acceptors (Lipinski definition) is 7. The van der Waals surface area contributed by atoms with E-state index in [0.717, 1.165) is 63.5 Å². The van der Waals surface area contributed by atoms with E-state index in [0.29, 0.717) is 31.2 Å². The SMILES string of the molecule is O=C1CCC(N2Cc3cc(N4CCN(Cc5ccc(CO[C@H]6CCCNC6)cc5)CC4)ccc3C2=O)C(=O)N1. The Morgan fingerprint density at radius 2 is 1.72 bits per heavy atom. The van der Waals surface area contributed by atoms with Crippen LogP contribution in [0, 0.1) is 0 Å². The van der Waals surface area contributed by atoms with Crippen LogP contribution in [-0.4, -0.2) is 78.9 Å². The number of anilines is 1. The molecule has 0 saturated carbocycles. The zero-order valence-electron chi connectivity index (χ0n) is 22.4. The number of hydrogen-bond donors (Lipinski definition) is 2. The highest BCUT2D eigenvalue weighted by molar-refractivity contribution is 6.05. The van der Waals surface area contributed by atoms with Crippen molar-refractivity contribution in [3.05, 3.63) is 64.7 Å². The van der Waals surface area contributed by atoms with Crippen LogP contribution in [0.15, 0.2) is 42.5 Å². The zero-order chi connectivity index (χ0) is 26.8. The molecule has 0 spiro atoms. The lowest BCUT2D eigenvalue weighted by molar-refractivity contribution is -0.136. The predicted octanol–water partition coefficient (Wildman–Crippen LogP) is 2.04. The third-order valence-electron chi connectivity index (χ3n) is 8.41. The lowest BCUT2D eigenvalue weighted by Gasteiger charge is -2.36. The van der Waals surface area contributed by atoms with E-state index in [1.807, 2.05) is 12.1 Å². The monoisotopic (exact) mass is 531 g/mol. The van der Waals surface area contributed by atoms with Gasteiger partial charge in [-0.15, -0.1) is 0 Å². The first kappa shape index (κ1) is 26.0. The smallest absolute Gasteiger partial charge is 0.255 e. The number of imide groups is 1. The largest absolute Gasteiger partial charge is 0.372 e.